The average Bonchev–Trinajstić information content (AvgIpc) is 2.73. The van der Waals surface area contributed by atoms with Crippen LogP contribution < -0.4 is 5.32 Å². The molecule has 2 heteroatoms. The topological polar surface area (TPSA) is 21.3 Å². The fourth-order valence-corrected chi connectivity index (χ4v) is 3.39. The molecule has 2 rings (SSSR count). The van der Waals surface area contributed by atoms with Gasteiger partial charge < -0.3 is 10.1 Å². The number of ether oxygens (including phenoxy) is 1. The molecule has 0 amide bonds. The molecule has 1 unspecified atom stereocenters. The lowest BCUT2D eigenvalue weighted by Gasteiger charge is -2.38. The first kappa shape index (κ1) is 13.4. The van der Waals surface area contributed by atoms with Crippen molar-refractivity contribution in [3.8, 4) is 0 Å². The molecular weight excluding hydrogens is 210 g/mol. The summed E-state index contributed by atoms with van der Waals surface area (Å²) in [6, 6.07) is 0.717. The molecule has 2 nitrogen and oxygen atoms in total. The molecule has 0 radical (unpaired) electrons. The van der Waals surface area contributed by atoms with Gasteiger partial charge in [0.25, 0.3) is 0 Å². The van der Waals surface area contributed by atoms with Crippen LogP contribution in [0.5, 0.6) is 0 Å². The summed E-state index contributed by atoms with van der Waals surface area (Å²) in [5.41, 5.74) is 0.272. The molecule has 0 aromatic heterocycles. The van der Waals surface area contributed by atoms with Crippen LogP contribution in [0.4, 0.5) is 0 Å². The van der Waals surface area contributed by atoms with Crippen LogP contribution >= 0.6 is 0 Å². The van der Waals surface area contributed by atoms with Gasteiger partial charge >= 0.3 is 0 Å². The number of rotatable bonds is 5. The molecule has 1 saturated heterocycles. The monoisotopic (exact) mass is 239 g/mol. The maximum Gasteiger partial charge on any atom is 0.0697 e. The third kappa shape index (κ3) is 3.96. The molecule has 0 aromatic carbocycles. The van der Waals surface area contributed by atoms with Gasteiger partial charge in [0, 0.05) is 12.6 Å². The van der Waals surface area contributed by atoms with Crippen molar-refractivity contribution in [2.24, 2.45) is 5.92 Å². The van der Waals surface area contributed by atoms with Gasteiger partial charge in [-0.3, -0.25) is 0 Å². The zero-order valence-corrected chi connectivity index (χ0v) is 11.6. The van der Waals surface area contributed by atoms with Gasteiger partial charge in [0.05, 0.1) is 5.60 Å². The molecule has 1 aliphatic heterocycles. The summed E-state index contributed by atoms with van der Waals surface area (Å²) in [5.74, 6) is 0.840. The van der Waals surface area contributed by atoms with Gasteiger partial charge in [-0.15, -0.1) is 0 Å². The van der Waals surface area contributed by atoms with Gasteiger partial charge in [-0.2, -0.15) is 0 Å². The quantitative estimate of drug-likeness (QED) is 0.741. The SMILES string of the molecule is CC(C)CCCNC1CCOC2(CCCC2)C1. The Hall–Kier alpha value is -0.0800. The van der Waals surface area contributed by atoms with E-state index in [-0.39, 0.29) is 5.60 Å². The van der Waals surface area contributed by atoms with Crippen molar-refractivity contribution in [2.45, 2.75) is 76.9 Å². The van der Waals surface area contributed by atoms with Gasteiger partial charge in [0.15, 0.2) is 0 Å². The minimum absolute atomic E-state index is 0.272. The van der Waals surface area contributed by atoms with E-state index in [1.165, 1.54) is 57.9 Å². The molecule has 2 aliphatic rings. The van der Waals surface area contributed by atoms with Gasteiger partial charge in [0.2, 0.25) is 0 Å². The molecule has 2 fully saturated rings. The van der Waals surface area contributed by atoms with Crippen molar-refractivity contribution < 1.29 is 4.74 Å². The zero-order chi connectivity index (χ0) is 12.1. The van der Waals surface area contributed by atoms with Crippen LogP contribution in [0, 0.1) is 5.92 Å². The van der Waals surface area contributed by atoms with Crippen LogP contribution in [0.1, 0.15) is 65.2 Å². The molecule has 0 aromatic rings. The molecule has 1 N–H and O–H groups in total. The zero-order valence-electron chi connectivity index (χ0n) is 11.6. The summed E-state index contributed by atoms with van der Waals surface area (Å²) in [4.78, 5) is 0. The van der Waals surface area contributed by atoms with E-state index < -0.39 is 0 Å². The Bertz CT molecular complexity index is 221. The minimum atomic E-state index is 0.272. The molecular formula is C15H29NO. The Morgan fingerprint density at radius 3 is 2.76 bits per heavy atom. The van der Waals surface area contributed by atoms with Crippen LogP contribution in [0.25, 0.3) is 0 Å². The van der Waals surface area contributed by atoms with E-state index in [1.807, 2.05) is 0 Å². The van der Waals surface area contributed by atoms with Crippen molar-refractivity contribution in [1.29, 1.82) is 0 Å². The smallest absolute Gasteiger partial charge is 0.0697 e. The Morgan fingerprint density at radius 2 is 2.06 bits per heavy atom. The molecule has 1 saturated carbocycles. The van der Waals surface area contributed by atoms with E-state index in [1.54, 1.807) is 0 Å². The Morgan fingerprint density at radius 1 is 1.29 bits per heavy atom. The Labute approximate surface area is 107 Å². The predicted molar refractivity (Wildman–Crippen MR) is 72.2 cm³/mol. The van der Waals surface area contributed by atoms with Crippen LogP contribution in [0.3, 0.4) is 0 Å². The predicted octanol–water partition coefficient (Wildman–Crippen LogP) is 3.50. The highest BCUT2D eigenvalue weighted by molar-refractivity contribution is 4.93. The van der Waals surface area contributed by atoms with Gasteiger partial charge in [-0.25, -0.2) is 0 Å². The van der Waals surface area contributed by atoms with E-state index in [2.05, 4.69) is 19.2 Å². The van der Waals surface area contributed by atoms with E-state index in [0.717, 1.165) is 12.5 Å². The highest BCUT2D eigenvalue weighted by Crippen LogP contribution is 2.39. The highest BCUT2D eigenvalue weighted by Gasteiger charge is 2.39. The molecule has 0 bridgehead atoms. The molecule has 1 spiro atoms. The molecule has 100 valence electrons. The minimum Gasteiger partial charge on any atom is -0.375 e. The maximum atomic E-state index is 6.06. The third-order valence-corrected chi connectivity index (χ3v) is 4.40. The fraction of sp³-hybridized carbons (Fsp3) is 1.00. The van der Waals surface area contributed by atoms with Crippen molar-refractivity contribution >= 4 is 0 Å². The molecule has 1 aliphatic carbocycles. The van der Waals surface area contributed by atoms with E-state index in [0.29, 0.717) is 6.04 Å². The summed E-state index contributed by atoms with van der Waals surface area (Å²) < 4.78 is 6.06. The lowest BCUT2D eigenvalue weighted by Crippen LogP contribution is -2.45. The van der Waals surface area contributed by atoms with E-state index in [9.17, 15) is 0 Å². The second-order valence-corrected chi connectivity index (χ2v) is 6.42. The Kier molecular flexibility index (Phi) is 4.87. The normalized spacial score (nSPS) is 28.1. The second kappa shape index (κ2) is 6.19. The van der Waals surface area contributed by atoms with Gasteiger partial charge in [-0.05, 0) is 51.0 Å². The summed E-state index contributed by atoms with van der Waals surface area (Å²) in [6.45, 7) is 6.78. The number of nitrogens with one attached hydrogen (secondary N) is 1. The lowest BCUT2D eigenvalue weighted by atomic mass is 9.89. The average molecular weight is 239 g/mol. The van der Waals surface area contributed by atoms with E-state index >= 15 is 0 Å². The summed E-state index contributed by atoms with van der Waals surface area (Å²) in [6.07, 6.45) is 10.5. The summed E-state index contributed by atoms with van der Waals surface area (Å²) >= 11 is 0. The lowest BCUT2D eigenvalue weighted by molar-refractivity contribution is -0.0835. The van der Waals surface area contributed by atoms with Crippen molar-refractivity contribution in [3.05, 3.63) is 0 Å². The van der Waals surface area contributed by atoms with Crippen LogP contribution in [-0.2, 0) is 4.74 Å². The van der Waals surface area contributed by atoms with Crippen molar-refractivity contribution in [2.75, 3.05) is 13.2 Å². The molecule has 17 heavy (non-hydrogen) atoms. The summed E-state index contributed by atoms with van der Waals surface area (Å²) in [7, 11) is 0. The molecule has 1 heterocycles. The molecule has 1 atom stereocenters. The Balaban J connectivity index is 1.67. The fourth-order valence-electron chi connectivity index (χ4n) is 3.39. The second-order valence-electron chi connectivity index (χ2n) is 6.42. The van der Waals surface area contributed by atoms with Gasteiger partial charge in [0.1, 0.15) is 0 Å². The number of hydrogen-bond acceptors (Lipinski definition) is 2. The van der Waals surface area contributed by atoms with E-state index in [4.69, 9.17) is 4.74 Å². The van der Waals surface area contributed by atoms with Crippen LogP contribution in [0.15, 0.2) is 0 Å². The first-order valence-electron chi connectivity index (χ1n) is 7.58. The third-order valence-electron chi connectivity index (χ3n) is 4.40. The van der Waals surface area contributed by atoms with Crippen LogP contribution in [0.2, 0.25) is 0 Å². The first-order valence-corrected chi connectivity index (χ1v) is 7.58. The maximum absolute atomic E-state index is 6.06. The van der Waals surface area contributed by atoms with Crippen molar-refractivity contribution in [1.82, 2.24) is 5.32 Å². The first-order chi connectivity index (χ1) is 8.20. The number of hydrogen-bond donors (Lipinski definition) is 1. The van der Waals surface area contributed by atoms with Gasteiger partial charge in [-0.1, -0.05) is 26.7 Å². The van der Waals surface area contributed by atoms with Crippen molar-refractivity contribution in [3.63, 3.8) is 0 Å². The highest BCUT2D eigenvalue weighted by atomic mass is 16.5. The largest absolute Gasteiger partial charge is 0.375 e. The summed E-state index contributed by atoms with van der Waals surface area (Å²) in [5, 5.41) is 3.75. The van der Waals surface area contributed by atoms with Crippen LogP contribution in [-0.4, -0.2) is 24.8 Å². The standard InChI is InChI=1S/C15H29NO/c1-13(2)6-5-10-16-14-7-11-17-15(12-14)8-3-4-9-15/h13-14,16H,3-12H2,1-2H3.